The summed E-state index contributed by atoms with van der Waals surface area (Å²) >= 11 is 1.70. The number of carbonyl (C=O) groups excluding carboxylic acids is 1. The number of piperidine rings is 1. The number of carbonyl (C=O) groups is 1. The number of aryl methyl sites for hydroxylation is 1. The highest BCUT2D eigenvalue weighted by Gasteiger charge is 2.41. The molecule has 22 heavy (non-hydrogen) atoms. The molecule has 0 aliphatic carbocycles. The summed E-state index contributed by atoms with van der Waals surface area (Å²) < 4.78 is 6.03. The van der Waals surface area contributed by atoms with E-state index in [2.05, 4.69) is 20.6 Å². The number of thiazole rings is 1. The minimum atomic E-state index is -0.265. The molecule has 0 saturated carbocycles. The van der Waals surface area contributed by atoms with Crippen molar-refractivity contribution in [2.24, 2.45) is 5.92 Å². The van der Waals surface area contributed by atoms with Crippen LogP contribution in [0.25, 0.3) is 0 Å². The fraction of sp³-hybridized carbons (Fsp3) is 0.750. The number of nitrogens with one attached hydrogen (secondary N) is 1. The highest BCUT2D eigenvalue weighted by molar-refractivity contribution is 7.09. The Kier molecular flexibility index (Phi) is 4.80. The first-order valence-electron chi connectivity index (χ1n) is 8.10. The molecule has 5 nitrogen and oxygen atoms in total. The van der Waals surface area contributed by atoms with Gasteiger partial charge < -0.3 is 10.1 Å². The average molecular weight is 323 g/mol. The summed E-state index contributed by atoms with van der Waals surface area (Å²) in [5.41, 5.74) is 1.15. The third kappa shape index (κ3) is 3.67. The second-order valence-corrected chi connectivity index (χ2v) is 7.77. The van der Waals surface area contributed by atoms with E-state index in [1.165, 1.54) is 0 Å². The molecule has 1 aromatic rings. The van der Waals surface area contributed by atoms with Crippen LogP contribution in [-0.4, -0.2) is 47.1 Å². The van der Waals surface area contributed by atoms with Gasteiger partial charge in [-0.15, -0.1) is 11.3 Å². The maximum Gasteiger partial charge on any atom is 0.249 e. The number of nitrogens with zero attached hydrogens (tertiary/aromatic N) is 2. The summed E-state index contributed by atoms with van der Waals surface area (Å²) in [5.74, 6) is 0.572. The molecule has 3 heterocycles. The number of hydrogen-bond donors (Lipinski definition) is 1. The Balaban J connectivity index is 1.54. The highest BCUT2D eigenvalue weighted by Crippen LogP contribution is 2.33. The van der Waals surface area contributed by atoms with Crippen molar-refractivity contribution in [3.8, 4) is 0 Å². The molecular formula is C16H25N3O2S. The first kappa shape index (κ1) is 15.9. The molecule has 0 unspecified atom stereocenters. The summed E-state index contributed by atoms with van der Waals surface area (Å²) in [6.07, 6.45) is 1.90. The normalized spacial score (nSPS) is 28.8. The summed E-state index contributed by atoms with van der Waals surface area (Å²) in [6, 6.07) is 0.170. The lowest BCUT2D eigenvalue weighted by Gasteiger charge is -2.33. The van der Waals surface area contributed by atoms with Gasteiger partial charge >= 0.3 is 0 Å². The molecular weight excluding hydrogens is 298 g/mol. The largest absolute Gasteiger partial charge is 0.364 e. The minimum absolute atomic E-state index is 0.0473. The lowest BCUT2D eigenvalue weighted by molar-refractivity contribution is -0.133. The zero-order valence-electron chi connectivity index (χ0n) is 13.5. The van der Waals surface area contributed by atoms with Crippen LogP contribution in [0.4, 0.5) is 0 Å². The van der Waals surface area contributed by atoms with Gasteiger partial charge in [-0.25, -0.2) is 4.98 Å². The molecule has 0 aromatic carbocycles. The van der Waals surface area contributed by atoms with E-state index in [-0.39, 0.29) is 24.2 Å². The van der Waals surface area contributed by atoms with E-state index in [4.69, 9.17) is 4.74 Å². The van der Waals surface area contributed by atoms with Gasteiger partial charge in [-0.1, -0.05) is 0 Å². The Morgan fingerprint density at radius 2 is 2.41 bits per heavy atom. The van der Waals surface area contributed by atoms with Gasteiger partial charge in [-0.05, 0) is 46.1 Å². The predicted octanol–water partition coefficient (Wildman–Crippen LogP) is 1.96. The van der Waals surface area contributed by atoms with Crippen LogP contribution in [0, 0.1) is 12.8 Å². The van der Waals surface area contributed by atoms with E-state index in [1.54, 1.807) is 11.3 Å². The van der Waals surface area contributed by atoms with E-state index in [9.17, 15) is 4.79 Å². The molecule has 1 N–H and O–H groups in total. The van der Waals surface area contributed by atoms with Crippen LogP contribution in [0.5, 0.6) is 0 Å². The third-order valence-electron chi connectivity index (χ3n) is 4.41. The zero-order valence-corrected chi connectivity index (χ0v) is 14.4. The van der Waals surface area contributed by atoms with Crippen LogP contribution in [0.15, 0.2) is 5.38 Å². The van der Waals surface area contributed by atoms with E-state index in [0.29, 0.717) is 5.92 Å². The Labute approximate surface area is 136 Å². The molecule has 3 rings (SSSR count). The fourth-order valence-electron chi connectivity index (χ4n) is 3.39. The van der Waals surface area contributed by atoms with Crippen molar-refractivity contribution in [3.05, 3.63) is 16.1 Å². The SMILES string of the molecule is Cc1nc(CN2CC[C@@H]3C[C@@H](C(=O)NC(C)C)O[C@H]3C2)cs1. The molecule has 2 saturated heterocycles. The molecule has 0 spiro atoms. The molecule has 0 radical (unpaired) electrons. The first-order valence-corrected chi connectivity index (χ1v) is 8.98. The van der Waals surface area contributed by atoms with Crippen LogP contribution in [0.2, 0.25) is 0 Å². The van der Waals surface area contributed by atoms with E-state index >= 15 is 0 Å². The molecule has 2 aliphatic heterocycles. The highest BCUT2D eigenvalue weighted by atomic mass is 32.1. The van der Waals surface area contributed by atoms with Crippen molar-refractivity contribution in [2.75, 3.05) is 13.1 Å². The number of hydrogen-bond acceptors (Lipinski definition) is 5. The van der Waals surface area contributed by atoms with Gasteiger partial charge in [0.05, 0.1) is 16.8 Å². The second kappa shape index (κ2) is 6.64. The van der Waals surface area contributed by atoms with Crippen molar-refractivity contribution in [3.63, 3.8) is 0 Å². The van der Waals surface area contributed by atoms with Crippen LogP contribution in [0.1, 0.15) is 37.4 Å². The molecule has 1 amide bonds. The number of aromatic nitrogens is 1. The summed E-state index contributed by atoms with van der Waals surface area (Å²) in [5, 5.41) is 6.21. The summed E-state index contributed by atoms with van der Waals surface area (Å²) in [4.78, 5) is 19.1. The molecule has 1 aromatic heterocycles. The summed E-state index contributed by atoms with van der Waals surface area (Å²) in [7, 11) is 0. The number of rotatable bonds is 4. The van der Waals surface area contributed by atoms with Crippen molar-refractivity contribution in [1.29, 1.82) is 0 Å². The average Bonchev–Trinajstić information content (AvgIpc) is 3.04. The molecule has 0 bridgehead atoms. The number of ether oxygens (including phenoxy) is 1. The van der Waals surface area contributed by atoms with Crippen LogP contribution in [0.3, 0.4) is 0 Å². The van der Waals surface area contributed by atoms with Crippen molar-refractivity contribution in [1.82, 2.24) is 15.2 Å². The Morgan fingerprint density at radius 3 is 3.09 bits per heavy atom. The van der Waals surface area contributed by atoms with Gasteiger partial charge in [0.2, 0.25) is 5.91 Å². The van der Waals surface area contributed by atoms with Gasteiger partial charge in [-0.2, -0.15) is 0 Å². The molecule has 2 aliphatic rings. The number of likely N-dealkylation sites (tertiary alicyclic amines) is 1. The molecule has 3 atom stereocenters. The van der Waals surface area contributed by atoms with Crippen molar-refractivity contribution in [2.45, 2.75) is 58.4 Å². The standard InChI is InChI=1S/C16H25N3O2S/c1-10(2)17-16(20)14-6-12-4-5-19(8-15(12)21-14)7-13-9-22-11(3)18-13/h9-10,12,14-15H,4-8H2,1-3H3,(H,17,20)/t12-,14+,15+/m1/s1. The maximum atomic E-state index is 12.1. The zero-order chi connectivity index (χ0) is 15.7. The number of fused-ring (bicyclic) bond motifs is 1. The van der Waals surface area contributed by atoms with Crippen LogP contribution < -0.4 is 5.32 Å². The van der Waals surface area contributed by atoms with E-state index < -0.39 is 0 Å². The minimum Gasteiger partial charge on any atom is -0.364 e. The lowest BCUT2D eigenvalue weighted by atomic mass is 9.91. The van der Waals surface area contributed by atoms with Gasteiger partial charge in [0, 0.05) is 24.5 Å². The number of amides is 1. The van der Waals surface area contributed by atoms with Gasteiger partial charge in [0.25, 0.3) is 0 Å². The maximum absolute atomic E-state index is 12.1. The monoisotopic (exact) mass is 323 g/mol. The van der Waals surface area contributed by atoms with Crippen LogP contribution >= 0.6 is 11.3 Å². The molecule has 122 valence electrons. The van der Waals surface area contributed by atoms with Crippen molar-refractivity contribution < 1.29 is 9.53 Å². The first-order chi connectivity index (χ1) is 10.5. The Hall–Kier alpha value is -0.980. The molecule has 6 heteroatoms. The van der Waals surface area contributed by atoms with Gasteiger partial charge in [0.1, 0.15) is 6.10 Å². The van der Waals surface area contributed by atoms with Crippen molar-refractivity contribution >= 4 is 17.2 Å². The predicted molar refractivity (Wildman–Crippen MR) is 86.8 cm³/mol. The summed E-state index contributed by atoms with van der Waals surface area (Å²) in [6.45, 7) is 8.87. The Morgan fingerprint density at radius 1 is 1.59 bits per heavy atom. The lowest BCUT2D eigenvalue weighted by Crippen LogP contribution is -2.42. The van der Waals surface area contributed by atoms with E-state index in [0.717, 1.165) is 43.2 Å². The third-order valence-corrected chi connectivity index (χ3v) is 5.23. The van der Waals surface area contributed by atoms with Gasteiger partial charge in [0.15, 0.2) is 0 Å². The van der Waals surface area contributed by atoms with E-state index in [1.807, 2.05) is 20.8 Å². The second-order valence-electron chi connectivity index (χ2n) is 6.70. The topological polar surface area (TPSA) is 54.5 Å². The smallest absolute Gasteiger partial charge is 0.249 e. The molecule has 2 fully saturated rings. The Bertz CT molecular complexity index is 531. The fourth-order valence-corrected chi connectivity index (χ4v) is 4.00. The quantitative estimate of drug-likeness (QED) is 0.920. The van der Waals surface area contributed by atoms with Gasteiger partial charge in [-0.3, -0.25) is 9.69 Å². The van der Waals surface area contributed by atoms with Crippen LogP contribution in [-0.2, 0) is 16.1 Å².